The van der Waals surface area contributed by atoms with E-state index in [2.05, 4.69) is 41.6 Å². The second-order valence-corrected chi connectivity index (χ2v) is 8.29. The van der Waals surface area contributed by atoms with Crippen LogP contribution < -0.4 is 16.2 Å². The van der Waals surface area contributed by atoms with Gasteiger partial charge >= 0.3 is 0 Å². The first-order chi connectivity index (χ1) is 13.8. The van der Waals surface area contributed by atoms with E-state index in [4.69, 9.17) is 10.8 Å². The van der Waals surface area contributed by atoms with Gasteiger partial charge in [-0.25, -0.2) is 0 Å². The zero-order valence-corrected chi connectivity index (χ0v) is 17.6. The molecule has 0 amide bonds. The van der Waals surface area contributed by atoms with Crippen LogP contribution in [0.1, 0.15) is 46.1 Å². The Hall–Kier alpha value is -3.03. The summed E-state index contributed by atoms with van der Waals surface area (Å²) in [5.74, 6) is 1.51. The maximum Gasteiger partial charge on any atom is 0.264 e. The number of hydrogen-bond acceptors (Lipinski definition) is 5. The quantitative estimate of drug-likeness (QED) is 0.705. The molecular formula is C21H29N7O. The molecule has 1 aliphatic rings. The number of hydrogen-bond donors (Lipinski definition) is 2. The lowest BCUT2D eigenvalue weighted by atomic mass is 10.0. The number of fused-ring (bicyclic) bond motifs is 1. The number of piperidine rings is 1. The standard InChI is InChI=1S/C21H29N7O/c1-12(2)14(4)28-11-15(19-18(21(28)29)20(22)24-23-19)16-10-17(26(5)25-16)27-9-7-6-8-13(27)3/h10-12,14H,3,6-9H2,1-2,4-5H3,(H3,22,23,24). The molecule has 0 aliphatic carbocycles. The van der Waals surface area contributed by atoms with Crippen molar-refractivity contribution in [2.24, 2.45) is 13.0 Å². The van der Waals surface area contributed by atoms with Crippen LogP contribution in [0.2, 0.25) is 0 Å². The van der Waals surface area contributed by atoms with Crippen molar-refractivity contribution in [3.8, 4) is 11.3 Å². The number of nitrogens with zero attached hydrogens (tertiary/aromatic N) is 5. The van der Waals surface area contributed by atoms with Gasteiger partial charge in [0.05, 0.1) is 11.2 Å². The number of aromatic amines is 1. The Morgan fingerprint density at radius 1 is 1.28 bits per heavy atom. The minimum absolute atomic E-state index is 0.0185. The van der Waals surface area contributed by atoms with E-state index in [9.17, 15) is 4.79 Å². The number of rotatable bonds is 4. The van der Waals surface area contributed by atoms with Crippen molar-refractivity contribution >= 4 is 22.5 Å². The number of H-pyrrole nitrogens is 1. The molecule has 0 radical (unpaired) electrons. The second-order valence-electron chi connectivity index (χ2n) is 8.29. The molecule has 1 fully saturated rings. The maximum atomic E-state index is 13.1. The summed E-state index contributed by atoms with van der Waals surface area (Å²) < 4.78 is 3.63. The smallest absolute Gasteiger partial charge is 0.264 e. The molecule has 0 saturated carbocycles. The zero-order valence-electron chi connectivity index (χ0n) is 17.6. The Bertz CT molecular complexity index is 1130. The normalized spacial score (nSPS) is 16.2. The third-order valence-corrected chi connectivity index (χ3v) is 6.07. The van der Waals surface area contributed by atoms with Gasteiger partial charge in [-0.15, -0.1) is 0 Å². The van der Waals surface area contributed by atoms with E-state index < -0.39 is 0 Å². The fourth-order valence-corrected chi connectivity index (χ4v) is 3.99. The largest absolute Gasteiger partial charge is 0.382 e. The number of allylic oxidation sites excluding steroid dienone is 1. The van der Waals surface area contributed by atoms with Crippen LogP contribution in [0, 0.1) is 5.92 Å². The van der Waals surface area contributed by atoms with E-state index >= 15 is 0 Å². The van der Waals surface area contributed by atoms with Crippen LogP contribution in [0.3, 0.4) is 0 Å². The van der Waals surface area contributed by atoms with Crippen molar-refractivity contribution in [1.82, 2.24) is 24.5 Å². The summed E-state index contributed by atoms with van der Waals surface area (Å²) in [5, 5.41) is 12.2. The molecule has 0 spiro atoms. The summed E-state index contributed by atoms with van der Waals surface area (Å²) in [7, 11) is 1.94. The zero-order chi connectivity index (χ0) is 20.9. The van der Waals surface area contributed by atoms with E-state index in [-0.39, 0.29) is 17.4 Å². The fourth-order valence-electron chi connectivity index (χ4n) is 3.99. The first kappa shape index (κ1) is 19.3. The minimum Gasteiger partial charge on any atom is -0.382 e. The maximum absolute atomic E-state index is 13.1. The molecule has 8 nitrogen and oxygen atoms in total. The summed E-state index contributed by atoms with van der Waals surface area (Å²) >= 11 is 0. The first-order valence-corrected chi connectivity index (χ1v) is 10.2. The van der Waals surface area contributed by atoms with Crippen molar-refractivity contribution in [2.45, 2.75) is 46.1 Å². The Balaban J connectivity index is 1.90. The molecule has 1 atom stereocenters. The minimum atomic E-state index is -0.128. The highest BCUT2D eigenvalue weighted by Crippen LogP contribution is 2.33. The summed E-state index contributed by atoms with van der Waals surface area (Å²) in [6, 6.07) is 2.07. The van der Waals surface area contributed by atoms with Gasteiger partial charge in [0.15, 0.2) is 5.82 Å². The number of nitrogen functional groups attached to an aromatic ring is 1. The second kappa shape index (κ2) is 7.09. The summed E-state index contributed by atoms with van der Waals surface area (Å²) in [4.78, 5) is 15.3. The van der Waals surface area contributed by atoms with Crippen molar-refractivity contribution in [2.75, 3.05) is 17.2 Å². The van der Waals surface area contributed by atoms with Crippen LogP contribution in [-0.4, -0.2) is 31.1 Å². The molecule has 3 aromatic heterocycles. The van der Waals surface area contributed by atoms with Crippen molar-refractivity contribution < 1.29 is 0 Å². The fraction of sp³-hybridized carbons (Fsp3) is 0.476. The van der Waals surface area contributed by atoms with Crippen LogP contribution in [-0.2, 0) is 7.05 Å². The molecule has 1 saturated heterocycles. The number of pyridine rings is 1. The molecule has 29 heavy (non-hydrogen) atoms. The topological polar surface area (TPSA) is 97.8 Å². The van der Waals surface area contributed by atoms with Crippen molar-refractivity contribution in [3.05, 3.63) is 34.9 Å². The molecule has 1 unspecified atom stereocenters. The number of nitrogens with two attached hydrogens (primary N) is 1. The molecule has 0 bridgehead atoms. The van der Waals surface area contributed by atoms with E-state index in [0.29, 0.717) is 16.8 Å². The predicted octanol–water partition coefficient (Wildman–Crippen LogP) is 3.43. The van der Waals surface area contributed by atoms with Crippen LogP contribution in [0.25, 0.3) is 22.2 Å². The van der Waals surface area contributed by atoms with Gasteiger partial charge in [0.25, 0.3) is 5.56 Å². The number of aromatic nitrogens is 5. The molecule has 8 heteroatoms. The van der Waals surface area contributed by atoms with Gasteiger partial charge in [0.1, 0.15) is 11.2 Å². The van der Waals surface area contributed by atoms with E-state index in [1.807, 2.05) is 24.9 Å². The lowest BCUT2D eigenvalue weighted by Crippen LogP contribution is -2.28. The van der Waals surface area contributed by atoms with Gasteiger partial charge in [0, 0.05) is 43.2 Å². The highest BCUT2D eigenvalue weighted by atomic mass is 16.1. The Morgan fingerprint density at radius 2 is 2.03 bits per heavy atom. The Kier molecular flexibility index (Phi) is 4.72. The van der Waals surface area contributed by atoms with Crippen molar-refractivity contribution in [1.29, 1.82) is 0 Å². The predicted molar refractivity (Wildman–Crippen MR) is 117 cm³/mol. The van der Waals surface area contributed by atoms with E-state index in [1.165, 1.54) is 6.42 Å². The molecule has 1 aliphatic heterocycles. The van der Waals surface area contributed by atoms with Gasteiger partial charge < -0.3 is 15.2 Å². The Labute approximate surface area is 170 Å². The average molecular weight is 396 g/mol. The lowest BCUT2D eigenvalue weighted by molar-refractivity contribution is 0.400. The molecular weight excluding hydrogens is 366 g/mol. The van der Waals surface area contributed by atoms with Gasteiger partial charge in [-0.05, 0) is 32.1 Å². The van der Waals surface area contributed by atoms with Crippen LogP contribution in [0.4, 0.5) is 11.6 Å². The first-order valence-electron chi connectivity index (χ1n) is 10.2. The average Bonchev–Trinajstić information content (AvgIpc) is 3.25. The number of aryl methyl sites for hydroxylation is 1. The summed E-state index contributed by atoms with van der Waals surface area (Å²) in [5.41, 5.74) is 9.25. The van der Waals surface area contributed by atoms with Crippen LogP contribution in [0.5, 0.6) is 0 Å². The molecule has 154 valence electrons. The van der Waals surface area contributed by atoms with Gasteiger partial charge in [-0.1, -0.05) is 20.4 Å². The highest BCUT2D eigenvalue weighted by molar-refractivity contribution is 5.97. The third-order valence-electron chi connectivity index (χ3n) is 6.07. The lowest BCUT2D eigenvalue weighted by Gasteiger charge is -2.30. The van der Waals surface area contributed by atoms with Crippen LogP contribution in [0.15, 0.2) is 29.3 Å². The molecule has 4 heterocycles. The summed E-state index contributed by atoms with van der Waals surface area (Å²) in [6.07, 6.45) is 5.19. The highest BCUT2D eigenvalue weighted by Gasteiger charge is 2.23. The Morgan fingerprint density at radius 3 is 2.72 bits per heavy atom. The van der Waals surface area contributed by atoms with E-state index in [0.717, 1.165) is 42.2 Å². The molecule has 0 aromatic carbocycles. The summed E-state index contributed by atoms with van der Waals surface area (Å²) in [6.45, 7) is 11.4. The number of nitrogens with one attached hydrogen (secondary N) is 1. The van der Waals surface area contributed by atoms with Crippen molar-refractivity contribution in [3.63, 3.8) is 0 Å². The molecule has 4 rings (SSSR count). The van der Waals surface area contributed by atoms with Gasteiger partial charge in [0.2, 0.25) is 0 Å². The van der Waals surface area contributed by atoms with Gasteiger partial charge in [-0.2, -0.15) is 10.2 Å². The monoisotopic (exact) mass is 395 g/mol. The SMILES string of the molecule is C=C1CCCCN1c1cc(-c2cn(C(C)C(C)C)c(=O)c3c(N)n[nH]c23)nn1C. The molecule has 3 aromatic rings. The molecule has 3 N–H and O–H groups in total. The number of anilines is 2. The van der Waals surface area contributed by atoms with E-state index in [1.54, 1.807) is 4.57 Å². The van der Waals surface area contributed by atoms with Gasteiger partial charge in [-0.3, -0.25) is 14.6 Å². The van der Waals surface area contributed by atoms with Crippen LogP contribution >= 0.6 is 0 Å². The third kappa shape index (κ3) is 3.12.